The van der Waals surface area contributed by atoms with E-state index in [2.05, 4.69) is 116 Å². The van der Waals surface area contributed by atoms with Gasteiger partial charge in [0, 0.05) is 59.7 Å². The maximum absolute atomic E-state index is 12.4. The van der Waals surface area contributed by atoms with Gasteiger partial charge in [-0.25, -0.2) is 4.39 Å². The second-order valence-corrected chi connectivity index (χ2v) is 19.5. The highest BCUT2D eigenvalue weighted by Crippen LogP contribution is 2.36. The van der Waals surface area contributed by atoms with Gasteiger partial charge < -0.3 is 44.9 Å². The summed E-state index contributed by atoms with van der Waals surface area (Å²) in [5, 5.41) is 0. The first kappa shape index (κ1) is 61.8. The highest BCUT2D eigenvalue weighted by atomic mass is 79.9. The molecule has 0 heterocycles. The Labute approximate surface area is 448 Å². The van der Waals surface area contributed by atoms with E-state index in [1.165, 1.54) is 42.0 Å². The smallest absolute Gasteiger partial charge is 0.404 e. The van der Waals surface area contributed by atoms with Crippen LogP contribution in [0.5, 0.6) is 5.75 Å². The molecule has 0 aromatic heterocycles. The van der Waals surface area contributed by atoms with Gasteiger partial charge in [-0.1, -0.05) is 124 Å². The molecular formula is C46H43Br7F7N7O. The molecule has 8 nitrogen and oxygen atoms in total. The molecule has 0 saturated heterocycles. The maximum Gasteiger partial charge on any atom is 0.573 e. The lowest BCUT2D eigenvalue weighted by Crippen LogP contribution is -2.17. The lowest BCUT2D eigenvalue weighted by atomic mass is 10.2. The van der Waals surface area contributed by atoms with E-state index in [0.717, 1.165) is 62.8 Å². The van der Waals surface area contributed by atoms with Crippen LogP contribution in [0.1, 0.15) is 16.7 Å². The largest absolute Gasteiger partial charge is 0.573 e. The van der Waals surface area contributed by atoms with Crippen LogP contribution in [0.3, 0.4) is 0 Å². The molecule has 7 rings (SSSR count). The molecule has 0 bridgehead atoms. The van der Waals surface area contributed by atoms with Gasteiger partial charge in [0.1, 0.15) is 5.82 Å². The zero-order chi connectivity index (χ0) is 51.9. The standard InChI is InChI=1S/C7H5BrF3NO.C7H5BrF3N.2C7H8BrN.C6H5BrFN.2C6H6BrN/c8-4-1-2-6(5(12)3-4)13-7(9,10)11;8-6-2-1-4(12)3-5(6)7(9,10)11;1-5-4-6(9)2-3-7(5)8;1-5-2-3-6(8)4-7(5)9;7-4-1-2-5(8)6(9)3-4;7-5-1-3-6(8)4-2-5;7-5-2-1-3-6(8)4-5/h1-3H,12H2;1-3H,12H2;2*2-4H,9H2,1H3;1-3H,9H2;2*1-4H,8H2. The Morgan fingerprint density at radius 3 is 1.22 bits per heavy atom. The van der Waals surface area contributed by atoms with Crippen molar-refractivity contribution in [2.45, 2.75) is 26.4 Å². The van der Waals surface area contributed by atoms with Crippen LogP contribution in [-0.2, 0) is 6.18 Å². The first-order valence-electron chi connectivity index (χ1n) is 18.7. The van der Waals surface area contributed by atoms with Crippen molar-refractivity contribution in [2.24, 2.45) is 0 Å². The predicted molar refractivity (Wildman–Crippen MR) is 291 cm³/mol. The van der Waals surface area contributed by atoms with E-state index in [0.29, 0.717) is 4.47 Å². The molecule has 68 heavy (non-hydrogen) atoms. The van der Waals surface area contributed by atoms with E-state index in [-0.39, 0.29) is 27.4 Å². The Morgan fingerprint density at radius 1 is 0.397 bits per heavy atom. The number of aryl methyl sites for hydroxylation is 2. The number of benzene rings is 7. The van der Waals surface area contributed by atoms with E-state index >= 15 is 0 Å². The third-order valence-electron chi connectivity index (χ3n) is 7.59. The van der Waals surface area contributed by atoms with E-state index in [4.69, 9.17) is 40.1 Å². The Balaban J connectivity index is 0.000000399. The van der Waals surface area contributed by atoms with Gasteiger partial charge in [0.2, 0.25) is 0 Å². The highest BCUT2D eigenvalue weighted by Gasteiger charge is 2.33. The maximum atomic E-state index is 12.4. The fourth-order valence-corrected chi connectivity index (χ4v) is 6.80. The summed E-state index contributed by atoms with van der Waals surface area (Å²) < 4.78 is 93.2. The van der Waals surface area contributed by atoms with E-state index < -0.39 is 23.9 Å². The van der Waals surface area contributed by atoms with Crippen LogP contribution in [-0.4, -0.2) is 6.36 Å². The van der Waals surface area contributed by atoms with Crippen molar-refractivity contribution in [3.63, 3.8) is 0 Å². The van der Waals surface area contributed by atoms with Crippen LogP contribution in [0.2, 0.25) is 0 Å². The summed E-state index contributed by atoms with van der Waals surface area (Å²) in [5.74, 6) is -0.770. The summed E-state index contributed by atoms with van der Waals surface area (Å²) in [6, 6.07) is 38.6. The molecule has 0 aliphatic heterocycles. The first-order valence-corrected chi connectivity index (χ1v) is 24.2. The number of ether oxygens (including phenoxy) is 1. The lowest BCUT2D eigenvalue weighted by molar-refractivity contribution is -0.274. The van der Waals surface area contributed by atoms with Crippen molar-refractivity contribution < 1.29 is 35.5 Å². The van der Waals surface area contributed by atoms with E-state index in [1.807, 2.05) is 98.8 Å². The van der Waals surface area contributed by atoms with Crippen LogP contribution >= 0.6 is 112 Å². The molecule has 14 N–H and O–H groups in total. The molecule has 0 aliphatic rings. The van der Waals surface area contributed by atoms with Gasteiger partial charge in [0.15, 0.2) is 5.75 Å². The fraction of sp³-hybridized carbons (Fsp3) is 0.0870. The van der Waals surface area contributed by atoms with Crippen LogP contribution in [0.25, 0.3) is 0 Å². The molecule has 366 valence electrons. The van der Waals surface area contributed by atoms with Crippen molar-refractivity contribution in [3.05, 3.63) is 193 Å². The number of hydrogen-bond acceptors (Lipinski definition) is 8. The average molecular weight is 1400 g/mol. The zero-order valence-corrected chi connectivity index (χ0v) is 46.6. The average Bonchev–Trinajstić information content (AvgIpc) is 3.23. The van der Waals surface area contributed by atoms with Crippen molar-refractivity contribution in [1.29, 1.82) is 0 Å². The monoisotopic (exact) mass is 1390 g/mol. The molecule has 0 aliphatic carbocycles. The summed E-state index contributed by atoms with van der Waals surface area (Å²) in [7, 11) is 0. The lowest BCUT2D eigenvalue weighted by Gasteiger charge is -2.10. The molecule has 0 unspecified atom stereocenters. The third kappa shape index (κ3) is 27.1. The Hall–Kier alpha value is -4.19. The van der Waals surface area contributed by atoms with Crippen LogP contribution in [0.15, 0.2) is 171 Å². The number of nitrogen functional groups attached to an aromatic ring is 7. The highest BCUT2D eigenvalue weighted by molar-refractivity contribution is 9.11. The Bertz CT molecular complexity index is 2490. The fourth-order valence-electron chi connectivity index (χ4n) is 4.26. The van der Waals surface area contributed by atoms with Crippen molar-refractivity contribution in [3.8, 4) is 5.75 Å². The summed E-state index contributed by atoms with van der Waals surface area (Å²) >= 11 is 22.3. The van der Waals surface area contributed by atoms with Gasteiger partial charge in [0.25, 0.3) is 0 Å². The summed E-state index contributed by atoms with van der Waals surface area (Å²) in [6.45, 7) is 4.00. The minimum Gasteiger partial charge on any atom is -0.404 e. The van der Waals surface area contributed by atoms with Gasteiger partial charge >= 0.3 is 12.5 Å². The number of hydrogen-bond donors (Lipinski definition) is 7. The van der Waals surface area contributed by atoms with Gasteiger partial charge in [-0.3, -0.25) is 0 Å². The molecular weight excluding hydrogens is 1360 g/mol. The third-order valence-corrected chi connectivity index (χ3v) is 11.7. The Morgan fingerprint density at radius 2 is 0.838 bits per heavy atom. The summed E-state index contributed by atoms with van der Waals surface area (Å²) in [4.78, 5) is 0. The summed E-state index contributed by atoms with van der Waals surface area (Å²) in [6.07, 6.45) is -9.06. The van der Waals surface area contributed by atoms with E-state index in [1.54, 1.807) is 6.07 Å². The molecule has 22 heteroatoms. The van der Waals surface area contributed by atoms with Gasteiger partial charge in [-0.2, -0.15) is 13.2 Å². The number of anilines is 7. The number of nitrogens with two attached hydrogens (primary N) is 7. The molecule has 0 saturated carbocycles. The molecule has 0 amide bonds. The first-order chi connectivity index (χ1) is 31.5. The van der Waals surface area contributed by atoms with Crippen LogP contribution in [0, 0.1) is 19.7 Å². The van der Waals surface area contributed by atoms with Crippen molar-refractivity contribution in [2.75, 3.05) is 40.1 Å². The predicted octanol–water partition coefficient (Wildman–Crippen LogP) is 16.9. The van der Waals surface area contributed by atoms with Crippen LogP contribution < -0.4 is 44.9 Å². The number of rotatable bonds is 1. The second kappa shape index (κ2) is 30.4. The zero-order valence-electron chi connectivity index (χ0n) is 35.5. The van der Waals surface area contributed by atoms with Gasteiger partial charge in [-0.15, -0.1) is 13.2 Å². The molecule has 7 aromatic rings. The quantitative estimate of drug-likeness (QED) is 0.0624. The van der Waals surface area contributed by atoms with Gasteiger partial charge in [-0.05, 0) is 152 Å². The molecule has 0 spiro atoms. The van der Waals surface area contributed by atoms with Crippen LogP contribution in [0.4, 0.5) is 70.5 Å². The minimum absolute atomic E-state index is 0.00389. The molecule has 0 fully saturated rings. The van der Waals surface area contributed by atoms with Gasteiger partial charge in [0.05, 0.1) is 16.9 Å². The second-order valence-electron chi connectivity index (χ2n) is 13.2. The SMILES string of the molecule is Cc1cc(N)ccc1Br.Cc1ccc(Br)cc1N.Nc1cc(Br)ccc1F.Nc1cc(Br)ccc1OC(F)(F)F.Nc1ccc(Br)c(C(F)(F)F)c1.Nc1ccc(Br)cc1.Nc1cccc(Br)c1. The van der Waals surface area contributed by atoms with Crippen molar-refractivity contribution in [1.82, 2.24) is 0 Å². The van der Waals surface area contributed by atoms with Crippen molar-refractivity contribution >= 4 is 151 Å². The van der Waals surface area contributed by atoms with E-state index in [9.17, 15) is 30.7 Å². The minimum atomic E-state index is -4.71. The number of halogens is 14. The molecule has 0 radical (unpaired) electrons. The molecule has 7 aromatic carbocycles. The number of alkyl halides is 6. The normalized spacial score (nSPS) is 10.2. The Kier molecular flexibility index (Phi) is 27.7. The summed E-state index contributed by atoms with van der Waals surface area (Å²) in [5.41, 5.74) is 42.6. The topological polar surface area (TPSA) is 191 Å². The molecule has 0 atom stereocenters.